The second-order valence-corrected chi connectivity index (χ2v) is 5.48. The highest BCUT2D eigenvalue weighted by atomic mass is 79.9. The number of anilines is 2. The fourth-order valence-corrected chi connectivity index (χ4v) is 2.43. The Kier molecular flexibility index (Phi) is 4.45. The van der Waals surface area contributed by atoms with Crippen molar-refractivity contribution in [3.05, 3.63) is 58.1 Å². The summed E-state index contributed by atoms with van der Waals surface area (Å²) >= 11 is 3.36. The highest BCUT2D eigenvalue weighted by Gasteiger charge is 2.16. The van der Waals surface area contributed by atoms with Gasteiger partial charge in [-0.2, -0.15) is 0 Å². The first-order valence-electron chi connectivity index (χ1n) is 6.46. The Morgan fingerprint density at radius 3 is 2.60 bits per heavy atom. The molecule has 1 amide bonds. The molecule has 3 nitrogen and oxygen atoms in total. The number of benzene rings is 2. The number of amides is 1. The van der Waals surface area contributed by atoms with E-state index in [2.05, 4.69) is 15.9 Å². The van der Waals surface area contributed by atoms with Crippen LogP contribution in [0.1, 0.15) is 22.8 Å². The predicted octanol–water partition coefficient (Wildman–Crippen LogP) is 4.01. The summed E-state index contributed by atoms with van der Waals surface area (Å²) in [6.45, 7) is 4.60. The summed E-state index contributed by atoms with van der Waals surface area (Å²) in [5.74, 6) is -0.0289. The smallest absolute Gasteiger partial charge is 0.258 e. The number of halogens is 1. The van der Waals surface area contributed by atoms with Crippen molar-refractivity contribution in [1.82, 2.24) is 0 Å². The van der Waals surface area contributed by atoms with Crippen LogP contribution in [-0.2, 0) is 0 Å². The summed E-state index contributed by atoms with van der Waals surface area (Å²) in [5.41, 5.74) is 9.04. The van der Waals surface area contributed by atoms with Gasteiger partial charge < -0.3 is 10.6 Å². The molecule has 0 saturated carbocycles. The summed E-state index contributed by atoms with van der Waals surface area (Å²) in [6.07, 6.45) is 0. The molecule has 4 heteroatoms. The number of nitrogens with zero attached hydrogens (tertiary/aromatic N) is 1. The van der Waals surface area contributed by atoms with Crippen LogP contribution in [0.4, 0.5) is 11.4 Å². The standard InChI is InChI=1S/C16H17BrN2O/c1-3-19(13-6-4-5-11(2)9-13)16(20)12-7-8-15(18)14(17)10-12/h4-10H,3,18H2,1-2H3. The Balaban J connectivity index is 2.36. The number of carbonyl (C=O) groups is 1. The Hall–Kier alpha value is -1.81. The molecule has 2 rings (SSSR count). The van der Waals surface area contributed by atoms with Crippen LogP contribution in [0.25, 0.3) is 0 Å². The van der Waals surface area contributed by atoms with E-state index in [4.69, 9.17) is 5.73 Å². The van der Waals surface area contributed by atoms with E-state index in [1.54, 1.807) is 23.1 Å². The molecule has 0 bridgehead atoms. The molecular weight excluding hydrogens is 316 g/mol. The quantitative estimate of drug-likeness (QED) is 0.863. The average Bonchev–Trinajstić information content (AvgIpc) is 2.42. The Bertz CT molecular complexity index is 640. The first kappa shape index (κ1) is 14.6. The topological polar surface area (TPSA) is 46.3 Å². The molecule has 0 spiro atoms. The van der Waals surface area contributed by atoms with Gasteiger partial charge >= 0.3 is 0 Å². The van der Waals surface area contributed by atoms with Gasteiger partial charge in [0.2, 0.25) is 0 Å². The van der Waals surface area contributed by atoms with Crippen LogP contribution in [0.3, 0.4) is 0 Å². The molecule has 2 aromatic carbocycles. The molecule has 2 aromatic rings. The van der Waals surface area contributed by atoms with Crippen LogP contribution in [-0.4, -0.2) is 12.5 Å². The van der Waals surface area contributed by atoms with Gasteiger partial charge in [0.15, 0.2) is 0 Å². The van der Waals surface area contributed by atoms with Crippen molar-refractivity contribution in [1.29, 1.82) is 0 Å². The number of carbonyl (C=O) groups excluding carboxylic acids is 1. The number of nitrogens with two attached hydrogens (primary N) is 1. The second kappa shape index (κ2) is 6.09. The molecule has 0 aliphatic heterocycles. The van der Waals surface area contributed by atoms with Crippen LogP contribution in [0.5, 0.6) is 0 Å². The molecule has 0 atom stereocenters. The Labute approximate surface area is 127 Å². The van der Waals surface area contributed by atoms with Gasteiger partial charge in [0.05, 0.1) is 0 Å². The number of hydrogen-bond acceptors (Lipinski definition) is 2. The van der Waals surface area contributed by atoms with Gasteiger partial charge in [-0.15, -0.1) is 0 Å². The van der Waals surface area contributed by atoms with E-state index in [1.807, 2.05) is 38.1 Å². The third-order valence-corrected chi connectivity index (χ3v) is 3.81. The van der Waals surface area contributed by atoms with Gasteiger partial charge in [0.25, 0.3) is 5.91 Å². The van der Waals surface area contributed by atoms with Crippen molar-refractivity contribution in [3.8, 4) is 0 Å². The zero-order chi connectivity index (χ0) is 14.7. The van der Waals surface area contributed by atoms with Crippen molar-refractivity contribution in [2.24, 2.45) is 0 Å². The maximum atomic E-state index is 12.6. The molecule has 20 heavy (non-hydrogen) atoms. The lowest BCUT2D eigenvalue weighted by Gasteiger charge is -2.21. The van der Waals surface area contributed by atoms with Gasteiger partial charge in [-0.25, -0.2) is 0 Å². The van der Waals surface area contributed by atoms with Crippen LogP contribution in [0.2, 0.25) is 0 Å². The zero-order valence-corrected chi connectivity index (χ0v) is 13.1. The highest BCUT2D eigenvalue weighted by Crippen LogP contribution is 2.23. The largest absolute Gasteiger partial charge is 0.398 e. The van der Waals surface area contributed by atoms with Gasteiger partial charge in [0, 0.05) is 28.0 Å². The fraction of sp³-hybridized carbons (Fsp3) is 0.188. The van der Waals surface area contributed by atoms with Crippen LogP contribution < -0.4 is 10.6 Å². The van der Waals surface area contributed by atoms with Crippen LogP contribution in [0, 0.1) is 6.92 Å². The minimum Gasteiger partial charge on any atom is -0.398 e. The third kappa shape index (κ3) is 3.02. The number of aryl methyl sites for hydroxylation is 1. The normalized spacial score (nSPS) is 10.3. The fourth-order valence-electron chi connectivity index (χ4n) is 2.06. The van der Waals surface area contributed by atoms with E-state index < -0.39 is 0 Å². The van der Waals surface area contributed by atoms with E-state index in [0.717, 1.165) is 15.7 Å². The molecule has 0 saturated heterocycles. The molecule has 0 aromatic heterocycles. The summed E-state index contributed by atoms with van der Waals surface area (Å²) in [6, 6.07) is 13.2. The lowest BCUT2D eigenvalue weighted by atomic mass is 10.1. The van der Waals surface area contributed by atoms with E-state index in [1.165, 1.54) is 0 Å². The molecule has 0 aliphatic carbocycles. The van der Waals surface area contributed by atoms with Gasteiger partial charge in [-0.3, -0.25) is 4.79 Å². The van der Waals surface area contributed by atoms with Gasteiger partial charge in [0.1, 0.15) is 0 Å². The number of nitrogen functional groups attached to an aromatic ring is 1. The van der Waals surface area contributed by atoms with Crippen LogP contribution in [0.15, 0.2) is 46.9 Å². The lowest BCUT2D eigenvalue weighted by molar-refractivity contribution is 0.0988. The molecule has 104 valence electrons. The lowest BCUT2D eigenvalue weighted by Crippen LogP contribution is -2.30. The summed E-state index contributed by atoms with van der Waals surface area (Å²) < 4.78 is 0.739. The zero-order valence-electron chi connectivity index (χ0n) is 11.6. The summed E-state index contributed by atoms with van der Waals surface area (Å²) in [7, 11) is 0. The van der Waals surface area contributed by atoms with Crippen molar-refractivity contribution < 1.29 is 4.79 Å². The van der Waals surface area contributed by atoms with Crippen LogP contribution >= 0.6 is 15.9 Å². The van der Waals surface area contributed by atoms with E-state index in [-0.39, 0.29) is 5.91 Å². The minimum atomic E-state index is -0.0289. The Morgan fingerprint density at radius 1 is 1.25 bits per heavy atom. The molecule has 0 radical (unpaired) electrons. The van der Waals surface area contributed by atoms with E-state index >= 15 is 0 Å². The molecule has 0 unspecified atom stereocenters. The molecule has 0 aliphatic rings. The maximum absolute atomic E-state index is 12.6. The summed E-state index contributed by atoms with van der Waals surface area (Å²) in [5, 5.41) is 0. The van der Waals surface area contributed by atoms with Gasteiger partial charge in [-0.05, 0) is 65.7 Å². The highest BCUT2D eigenvalue weighted by molar-refractivity contribution is 9.10. The van der Waals surface area contributed by atoms with Crippen molar-refractivity contribution in [2.45, 2.75) is 13.8 Å². The van der Waals surface area contributed by atoms with Crippen molar-refractivity contribution in [2.75, 3.05) is 17.2 Å². The average molecular weight is 333 g/mol. The number of hydrogen-bond donors (Lipinski definition) is 1. The third-order valence-electron chi connectivity index (χ3n) is 3.12. The SMILES string of the molecule is CCN(C(=O)c1ccc(N)c(Br)c1)c1cccc(C)c1. The van der Waals surface area contributed by atoms with E-state index in [0.29, 0.717) is 17.8 Å². The predicted molar refractivity (Wildman–Crippen MR) is 87.1 cm³/mol. The minimum absolute atomic E-state index is 0.0289. The molecule has 2 N–H and O–H groups in total. The molecule has 0 heterocycles. The summed E-state index contributed by atoms with van der Waals surface area (Å²) in [4.78, 5) is 14.4. The van der Waals surface area contributed by atoms with E-state index in [9.17, 15) is 4.79 Å². The number of rotatable bonds is 3. The monoisotopic (exact) mass is 332 g/mol. The second-order valence-electron chi connectivity index (χ2n) is 4.62. The maximum Gasteiger partial charge on any atom is 0.258 e. The van der Waals surface area contributed by atoms with Crippen molar-refractivity contribution >= 4 is 33.2 Å². The van der Waals surface area contributed by atoms with Gasteiger partial charge in [-0.1, -0.05) is 12.1 Å². The molecular formula is C16H17BrN2O. The van der Waals surface area contributed by atoms with Crippen molar-refractivity contribution in [3.63, 3.8) is 0 Å². The first-order valence-corrected chi connectivity index (χ1v) is 7.25. The first-order chi connectivity index (χ1) is 9.52. The molecule has 0 fully saturated rings. The Morgan fingerprint density at radius 2 is 2.00 bits per heavy atom.